The molecule has 1 aliphatic carbocycles. The van der Waals surface area contributed by atoms with Gasteiger partial charge in [-0.1, -0.05) is 0 Å². The van der Waals surface area contributed by atoms with E-state index < -0.39 is 5.54 Å². The van der Waals surface area contributed by atoms with Crippen molar-refractivity contribution in [3.8, 4) is 6.07 Å². The van der Waals surface area contributed by atoms with Gasteiger partial charge in [0.1, 0.15) is 11.4 Å². The molecule has 1 atom stereocenters. The molecule has 2 rings (SSSR count). The van der Waals surface area contributed by atoms with Crippen molar-refractivity contribution in [3.05, 3.63) is 30.1 Å². The molecule has 3 nitrogen and oxygen atoms in total. The van der Waals surface area contributed by atoms with Crippen LogP contribution in [-0.4, -0.2) is 18.6 Å². The zero-order valence-electron chi connectivity index (χ0n) is 10.6. The zero-order valence-corrected chi connectivity index (χ0v) is 10.6. The molecule has 0 heterocycles. The third-order valence-corrected chi connectivity index (χ3v) is 3.54. The molecular formula is C14H18FN3. The van der Waals surface area contributed by atoms with E-state index in [0.29, 0.717) is 12.5 Å². The lowest BCUT2D eigenvalue weighted by Crippen LogP contribution is -2.51. The Labute approximate surface area is 107 Å². The summed E-state index contributed by atoms with van der Waals surface area (Å²) in [5.41, 5.74) is 6.29. The summed E-state index contributed by atoms with van der Waals surface area (Å²) in [6.07, 6.45) is 2.07. The van der Waals surface area contributed by atoms with Gasteiger partial charge in [0, 0.05) is 18.8 Å². The fraction of sp³-hybridized carbons (Fsp3) is 0.500. The molecule has 0 bridgehead atoms. The first-order chi connectivity index (χ1) is 8.59. The minimum atomic E-state index is -0.787. The number of hydrogen-bond acceptors (Lipinski definition) is 3. The second-order valence-electron chi connectivity index (χ2n) is 4.92. The lowest BCUT2D eigenvalue weighted by atomic mass is 9.95. The van der Waals surface area contributed by atoms with Crippen molar-refractivity contribution >= 4 is 5.69 Å². The van der Waals surface area contributed by atoms with Crippen molar-refractivity contribution < 1.29 is 4.39 Å². The summed E-state index contributed by atoms with van der Waals surface area (Å²) < 4.78 is 12.9. The summed E-state index contributed by atoms with van der Waals surface area (Å²) in [7, 11) is 0. The number of nitriles is 1. The summed E-state index contributed by atoms with van der Waals surface area (Å²) in [4.78, 5) is 2.03. The molecule has 96 valence electrons. The van der Waals surface area contributed by atoms with E-state index in [4.69, 9.17) is 5.73 Å². The molecule has 1 saturated carbocycles. The van der Waals surface area contributed by atoms with E-state index in [0.717, 1.165) is 25.1 Å². The fourth-order valence-corrected chi connectivity index (χ4v) is 2.21. The van der Waals surface area contributed by atoms with Gasteiger partial charge >= 0.3 is 0 Å². The molecule has 0 spiro atoms. The van der Waals surface area contributed by atoms with Crippen LogP contribution in [0.15, 0.2) is 24.3 Å². The average molecular weight is 247 g/mol. The van der Waals surface area contributed by atoms with Gasteiger partial charge < -0.3 is 10.6 Å². The van der Waals surface area contributed by atoms with E-state index in [1.807, 2.05) is 11.8 Å². The number of benzene rings is 1. The third-order valence-electron chi connectivity index (χ3n) is 3.54. The van der Waals surface area contributed by atoms with Gasteiger partial charge in [0.2, 0.25) is 0 Å². The number of hydrogen-bond donors (Lipinski definition) is 1. The van der Waals surface area contributed by atoms with Crippen molar-refractivity contribution in [2.24, 2.45) is 11.7 Å². The summed E-state index contributed by atoms with van der Waals surface area (Å²) in [6, 6.07) is 8.56. The average Bonchev–Trinajstić information content (AvgIpc) is 3.21. The van der Waals surface area contributed by atoms with Gasteiger partial charge in [-0.25, -0.2) is 4.39 Å². The number of nitrogens with zero attached hydrogens (tertiary/aromatic N) is 2. The topological polar surface area (TPSA) is 53.0 Å². The Morgan fingerprint density at radius 3 is 2.50 bits per heavy atom. The summed E-state index contributed by atoms with van der Waals surface area (Å²) >= 11 is 0. The molecule has 0 aliphatic heterocycles. The van der Waals surface area contributed by atoms with Crippen LogP contribution in [0.25, 0.3) is 0 Å². The maximum Gasteiger partial charge on any atom is 0.124 e. The molecule has 2 N–H and O–H groups in total. The van der Waals surface area contributed by atoms with Gasteiger partial charge in [-0.15, -0.1) is 0 Å². The first kappa shape index (κ1) is 12.8. The van der Waals surface area contributed by atoms with Crippen LogP contribution < -0.4 is 10.6 Å². The highest BCUT2D eigenvalue weighted by atomic mass is 19.1. The quantitative estimate of drug-likeness (QED) is 0.868. The van der Waals surface area contributed by atoms with Gasteiger partial charge in [-0.3, -0.25) is 0 Å². The van der Waals surface area contributed by atoms with Gasteiger partial charge in [0.05, 0.1) is 6.07 Å². The molecule has 0 aromatic heterocycles. The van der Waals surface area contributed by atoms with E-state index in [2.05, 4.69) is 6.07 Å². The SMILES string of the molecule is CCN(CC(N)(C#N)C1CC1)c1ccc(F)cc1. The summed E-state index contributed by atoms with van der Waals surface area (Å²) in [5.74, 6) is 0.0493. The van der Waals surface area contributed by atoms with Crippen LogP contribution in [0.3, 0.4) is 0 Å². The summed E-state index contributed by atoms with van der Waals surface area (Å²) in [5, 5.41) is 9.27. The first-order valence-electron chi connectivity index (χ1n) is 6.29. The predicted octanol–water partition coefficient (Wildman–Crippen LogP) is 2.28. The van der Waals surface area contributed by atoms with Crippen LogP contribution in [0, 0.1) is 23.1 Å². The zero-order chi connectivity index (χ0) is 13.2. The minimum Gasteiger partial charge on any atom is -0.369 e. The fourth-order valence-electron chi connectivity index (χ4n) is 2.21. The largest absolute Gasteiger partial charge is 0.369 e. The molecular weight excluding hydrogens is 229 g/mol. The maximum absolute atomic E-state index is 12.9. The Hall–Kier alpha value is -1.60. The maximum atomic E-state index is 12.9. The molecule has 0 amide bonds. The Morgan fingerprint density at radius 1 is 1.44 bits per heavy atom. The van der Waals surface area contributed by atoms with Crippen LogP contribution in [-0.2, 0) is 0 Å². The van der Waals surface area contributed by atoms with E-state index in [9.17, 15) is 9.65 Å². The smallest absolute Gasteiger partial charge is 0.124 e. The third kappa shape index (κ3) is 2.62. The molecule has 1 fully saturated rings. The van der Waals surface area contributed by atoms with Crippen LogP contribution in [0.2, 0.25) is 0 Å². The number of likely N-dealkylation sites (N-methyl/N-ethyl adjacent to an activating group) is 1. The standard InChI is InChI=1S/C14H18FN3/c1-2-18(13-7-5-12(15)6-8-13)10-14(17,9-16)11-3-4-11/h5-8,11H,2-4,10,17H2,1H3. The monoisotopic (exact) mass is 247 g/mol. The van der Waals surface area contributed by atoms with Gasteiger partial charge in [-0.05, 0) is 49.9 Å². The number of rotatable bonds is 5. The van der Waals surface area contributed by atoms with E-state index >= 15 is 0 Å². The van der Waals surface area contributed by atoms with Crippen molar-refractivity contribution in [2.45, 2.75) is 25.3 Å². The van der Waals surface area contributed by atoms with Crippen molar-refractivity contribution in [3.63, 3.8) is 0 Å². The molecule has 1 unspecified atom stereocenters. The minimum absolute atomic E-state index is 0.253. The molecule has 1 aliphatic rings. The Kier molecular flexibility index (Phi) is 3.53. The van der Waals surface area contributed by atoms with E-state index in [1.54, 1.807) is 12.1 Å². The van der Waals surface area contributed by atoms with E-state index in [1.165, 1.54) is 12.1 Å². The molecule has 18 heavy (non-hydrogen) atoms. The van der Waals surface area contributed by atoms with Crippen molar-refractivity contribution in [2.75, 3.05) is 18.0 Å². The van der Waals surface area contributed by atoms with Gasteiger partial charge in [0.25, 0.3) is 0 Å². The molecule has 1 aromatic carbocycles. The molecule has 4 heteroatoms. The Balaban J connectivity index is 2.14. The molecule has 1 aromatic rings. The highest BCUT2D eigenvalue weighted by Crippen LogP contribution is 2.38. The van der Waals surface area contributed by atoms with Gasteiger partial charge in [0.15, 0.2) is 0 Å². The first-order valence-corrected chi connectivity index (χ1v) is 6.29. The number of anilines is 1. The normalized spacial score (nSPS) is 17.9. The highest BCUT2D eigenvalue weighted by molar-refractivity contribution is 5.47. The number of halogens is 1. The van der Waals surface area contributed by atoms with Crippen LogP contribution in [0.4, 0.5) is 10.1 Å². The van der Waals surface area contributed by atoms with Gasteiger partial charge in [-0.2, -0.15) is 5.26 Å². The summed E-state index contributed by atoms with van der Waals surface area (Å²) in [6.45, 7) is 3.25. The second kappa shape index (κ2) is 4.95. The Bertz CT molecular complexity index is 447. The van der Waals surface area contributed by atoms with Crippen molar-refractivity contribution in [1.29, 1.82) is 5.26 Å². The predicted molar refractivity (Wildman–Crippen MR) is 69.5 cm³/mol. The van der Waals surface area contributed by atoms with Crippen LogP contribution >= 0.6 is 0 Å². The lowest BCUT2D eigenvalue weighted by Gasteiger charge is -2.31. The number of nitrogens with two attached hydrogens (primary N) is 1. The highest BCUT2D eigenvalue weighted by Gasteiger charge is 2.43. The second-order valence-corrected chi connectivity index (χ2v) is 4.92. The molecule has 0 radical (unpaired) electrons. The van der Waals surface area contributed by atoms with Crippen LogP contribution in [0.5, 0.6) is 0 Å². The van der Waals surface area contributed by atoms with Crippen LogP contribution in [0.1, 0.15) is 19.8 Å². The van der Waals surface area contributed by atoms with E-state index in [-0.39, 0.29) is 5.82 Å². The Morgan fingerprint density at radius 2 is 2.06 bits per heavy atom. The van der Waals surface area contributed by atoms with Crippen molar-refractivity contribution in [1.82, 2.24) is 0 Å². The molecule has 0 saturated heterocycles. The lowest BCUT2D eigenvalue weighted by molar-refractivity contribution is 0.469.